The highest BCUT2D eigenvalue weighted by Gasteiger charge is 1.95. The van der Waals surface area contributed by atoms with Crippen LogP contribution in [0.15, 0.2) is 0 Å². The average molecular weight is 190 g/mol. The summed E-state index contributed by atoms with van der Waals surface area (Å²) in [5.41, 5.74) is 0. The summed E-state index contributed by atoms with van der Waals surface area (Å²) in [4.78, 5) is 10.3. The Bertz CT molecular complexity index is 107. The Morgan fingerprint density at radius 2 is 2.00 bits per heavy atom. The Hall–Kier alpha value is -0.410. The van der Waals surface area contributed by atoms with E-state index in [0.717, 1.165) is 6.42 Å². The van der Waals surface area contributed by atoms with Gasteiger partial charge < -0.3 is 14.6 Å². The maximum atomic E-state index is 10.3. The molecule has 0 aliphatic rings. The minimum absolute atomic E-state index is 0.133. The van der Waals surface area contributed by atoms with Crippen LogP contribution in [-0.2, 0) is 9.53 Å². The van der Waals surface area contributed by atoms with Gasteiger partial charge in [0.15, 0.2) is 0 Å². The van der Waals surface area contributed by atoms with Gasteiger partial charge in [-0.1, -0.05) is 13.8 Å². The summed E-state index contributed by atoms with van der Waals surface area (Å²) in [6, 6.07) is 0. The highest BCUT2D eigenvalue weighted by molar-refractivity contribution is 5.75. The lowest BCUT2D eigenvalue weighted by Gasteiger charge is -1.95. The second-order valence-corrected chi connectivity index (χ2v) is 3.22. The first-order chi connectivity index (χ1) is 6.04. The van der Waals surface area contributed by atoms with Crippen molar-refractivity contribution < 1.29 is 14.6 Å². The molecule has 0 atom stereocenters. The van der Waals surface area contributed by atoms with E-state index in [1.165, 1.54) is 0 Å². The zero-order chi connectivity index (χ0) is 10.7. The van der Waals surface area contributed by atoms with Crippen LogP contribution in [0.3, 0.4) is 0 Å². The predicted octanol–water partition coefficient (Wildman–Crippen LogP) is 1.64. The third-order valence-electron chi connectivity index (χ3n) is 1.14. The largest absolute Gasteiger partial charge is 0.394 e. The van der Waals surface area contributed by atoms with Crippen molar-refractivity contribution in [3.8, 4) is 0 Å². The molecule has 0 spiro atoms. The first-order valence-corrected chi connectivity index (χ1v) is 4.72. The third-order valence-corrected chi connectivity index (χ3v) is 1.14. The number of rotatable bonds is 5. The second-order valence-electron chi connectivity index (χ2n) is 3.22. The van der Waals surface area contributed by atoms with Crippen LogP contribution in [0.2, 0.25) is 0 Å². The van der Waals surface area contributed by atoms with Crippen molar-refractivity contribution in [1.82, 2.24) is 0 Å². The van der Waals surface area contributed by atoms with Gasteiger partial charge in [-0.2, -0.15) is 0 Å². The summed E-state index contributed by atoms with van der Waals surface area (Å²) < 4.78 is 4.73. The lowest BCUT2D eigenvalue weighted by atomic mass is 10.1. The molecule has 80 valence electrons. The fourth-order valence-electron chi connectivity index (χ4n) is 0.784. The lowest BCUT2D eigenvalue weighted by molar-refractivity contribution is -0.117. The molecule has 3 nitrogen and oxygen atoms in total. The zero-order valence-electron chi connectivity index (χ0n) is 9.17. The molecule has 0 amide bonds. The second kappa shape index (κ2) is 11.6. The fraction of sp³-hybridized carbons (Fsp3) is 0.900. The van der Waals surface area contributed by atoms with Crippen LogP contribution in [0.5, 0.6) is 0 Å². The van der Waals surface area contributed by atoms with Gasteiger partial charge in [-0.3, -0.25) is 0 Å². The van der Waals surface area contributed by atoms with Gasteiger partial charge in [-0.15, -0.1) is 0 Å². The highest BCUT2D eigenvalue weighted by Crippen LogP contribution is 1.97. The Morgan fingerprint density at radius 1 is 1.46 bits per heavy atom. The first-order valence-electron chi connectivity index (χ1n) is 4.72. The normalized spacial score (nSPS) is 9.38. The van der Waals surface area contributed by atoms with E-state index >= 15 is 0 Å². The van der Waals surface area contributed by atoms with Gasteiger partial charge in [-0.05, 0) is 19.8 Å². The maximum absolute atomic E-state index is 10.3. The molecule has 13 heavy (non-hydrogen) atoms. The van der Waals surface area contributed by atoms with Crippen molar-refractivity contribution in [1.29, 1.82) is 0 Å². The standard InChI is InChI=1S/C6H12O.C4H10O2/c1-5(2)4-6(3)7;1-2-6-4-3-5/h5H,4H2,1-3H3;5H,2-4H2,1H3. The summed E-state index contributed by atoms with van der Waals surface area (Å²) >= 11 is 0. The molecule has 0 aliphatic carbocycles. The van der Waals surface area contributed by atoms with Gasteiger partial charge in [0.05, 0.1) is 13.2 Å². The van der Waals surface area contributed by atoms with Crippen LogP contribution in [0, 0.1) is 5.92 Å². The van der Waals surface area contributed by atoms with E-state index in [-0.39, 0.29) is 12.4 Å². The number of aliphatic hydroxyl groups excluding tert-OH is 1. The summed E-state index contributed by atoms with van der Waals surface area (Å²) in [5, 5.41) is 8.07. The fourth-order valence-corrected chi connectivity index (χ4v) is 0.784. The van der Waals surface area contributed by atoms with E-state index in [1.54, 1.807) is 6.92 Å². The van der Waals surface area contributed by atoms with E-state index in [9.17, 15) is 4.79 Å². The molecule has 0 fully saturated rings. The molecule has 0 heterocycles. The van der Waals surface area contributed by atoms with Crippen LogP contribution in [-0.4, -0.2) is 30.7 Å². The number of carbonyl (C=O) groups is 1. The molecule has 0 aromatic heterocycles. The topological polar surface area (TPSA) is 46.5 Å². The molecule has 0 aliphatic heterocycles. The van der Waals surface area contributed by atoms with Crippen molar-refractivity contribution >= 4 is 5.78 Å². The Morgan fingerprint density at radius 3 is 2.08 bits per heavy atom. The van der Waals surface area contributed by atoms with Crippen molar-refractivity contribution in [3.05, 3.63) is 0 Å². The number of hydrogen-bond acceptors (Lipinski definition) is 3. The molecule has 0 radical (unpaired) electrons. The molecule has 1 N–H and O–H groups in total. The summed E-state index contributed by atoms with van der Waals surface area (Å²) in [6.07, 6.45) is 0.722. The van der Waals surface area contributed by atoms with Gasteiger partial charge in [0.25, 0.3) is 0 Å². The highest BCUT2D eigenvalue weighted by atomic mass is 16.5. The molecule has 3 heteroatoms. The monoisotopic (exact) mass is 190 g/mol. The molecular formula is C10H22O3. The minimum atomic E-state index is 0.133. The minimum Gasteiger partial charge on any atom is -0.394 e. The van der Waals surface area contributed by atoms with Crippen LogP contribution < -0.4 is 0 Å². The SMILES string of the molecule is CC(=O)CC(C)C.CCOCCO. The Labute approximate surface area is 81.1 Å². The van der Waals surface area contributed by atoms with E-state index in [2.05, 4.69) is 0 Å². The zero-order valence-corrected chi connectivity index (χ0v) is 9.17. The number of carbonyl (C=O) groups excluding carboxylic acids is 1. The van der Waals surface area contributed by atoms with Gasteiger partial charge in [0, 0.05) is 13.0 Å². The predicted molar refractivity (Wildman–Crippen MR) is 53.7 cm³/mol. The van der Waals surface area contributed by atoms with Crippen LogP contribution in [0.1, 0.15) is 34.1 Å². The number of ketones is 1. The quantitative estimate of drug-likeness (QED) is 0.670. The lowest BCUT2D eigenvalue weighted by Crippen LogP contribution is -1.96. The molecular weight excluding hydrogens is 168 g/mol. The Kier molecular flexibility index (Phi) is 13.4. The van der Waals surface area contributed by atoms with Gasteiger partial charge in [-0.25, -0.2) is 0 Å². The molecule has 0 aromatic rings. The van der Waals surface area contributed by atoms with E-state index < -0.39 is 0 Å². The number of hydrogen-bond donors (Lipinski definition) is 1. The van der Waals surface area contributed by atoms with Crippen molar-refractivity contribution in [3.63, 3.8) is 0 Å². The molecule has 0 rings (SSSR count). The van der Waals surface area contributed by atoms with Crippen LogP contribution in [0.25, 0.3) is 0 Å². The first kappa shape index (κ1) is 15.1. The van der Waals surface area contributed by atoms with Crippen molar-refractivity contribution in [2.75, 3.05) is 19.8 Å². The third kappa shape index (κ3) is 24.5. The van der Waals surface area contributed by atoms with Crippen molar-refractivity contribution in [2.45, 2.75) is 34.1 Å². The number of Topliss-reactive ketones (excluding diaryl/α,β-unsaturated/α-hetero) is 1. The molecule has 0 unspecified atom stereocenters. The summed E-state index contributed by atoms with van der Waals surface area (Å²) in [5.74, 6) is 0.813. The Balaban J connectivity index is 0. The van der Waals surface area contributed by atoms with Gasteiger partial charge in [0.2, 0.25) is 0 Å². The summed E-state index contributed by atoms with van der Waals surface area (Å²) in [7, 11) is 0. The van der Waals surface area contributed by atoms with E-state index in [4.69, 9.17) is 9.84 Å². The van der Waals surface area contributed by atoms with E-state index in [0.29, 0.717) is 19.1 Å². The van der Waals surface area contributed by atoms with Crippen molar-refractivity contribution in [2.24, 2.45) is 5.92 Å². The molecule has 0 saturated heterocycles. The maximum Gasteiger partial charge on any atom is 0.130 e. The molecule has 0 bridgehead atoms. The van der Waals surface area contributed by atoms with Gasteiger partial charge >= 0.3 is 0 Å². The number of aliphatic hydroxyl groups is 1. The van der Waals surface area contributed by atoms with Gasteiger partial charge in [0.1, 0.15) is 5.78 Å². The molecule has 0 aromatic carbocycles. The van der Waals surface area contributed by atoms with Crippen LogP contribution >= 0.6 is 0 Å². The van der Waals surface area contributed by atoms with E-state index in [1.807, 2.05) is 20.8 Å². The smallest absolute Gasteiger partial charge is 0.130 e. The molecule has 0 saturated carbocycles. The van der Waals surface area contributed by atoms with Crippen LogP contribution in [0.4, 0.5) is 0 Å². The average Bonchev–Trinajstić information content (AvgIpc) is 1.99. The number of ether oxygens (including phenoxy) is 1. The summed E-state index contributed by atoms with van der Waals surface area (Å²) in [6.45, 7) is 8.91.